The molecule has 1 unspecified atom stereocenters. The van der Waals surface area contributed by atoms with E-state index in [0.29, 0.717) is 11.5 Å². The average Bonchev–Trinajstić information content (AvgIpc) is 2.48. The summed E-state index contributed by atoms with van der Waals surface area (Å²) in [6.45, 7) is 1.42. The largest absolute Gasteiger partial charge is 0.456 e. The molecule has 0 heterocycles. The van der Waals surface area contributed by atoms with Crippen molar-refractivity contribution in [3.63, 3.8) is 0 Å². The number of rotatable bonds is 5. The fraction of sp³-hybridized carbons (Fsp3) is 0.125. The number of carbonyl (C=O) groups excluding carboxylic acids is 2. The van der Waals surface area contributed by atoms with Crippen molar-refractivity contribution < 1.29 is 19.1 Å². The molecule has 0 bridgehead atoms. The van der Waals surface area contributed by atoms with Crippen molar-refractivity contribution in [3.8, 4) is 11.5 Å². The van der Waals surface area contributed by atoms with Crippen LogP contribution in [0, 0.1) is 0 Å². The lowest BCUT2D eigenvalue weighted by Gasteiger charge is -2.13. The van der Waals surface area contributed by atoms with Crippen LogP contribution in [0.1, 0.15) is 17.3 Å². The molecule has 0 aliphatic carbocycles. The first-order valence-electron chi connectivity index (χ1n) is 6.40. The highest BCUT2D eigenvalue weighted by atomic mass is 16.5. The third-order valence-corrected chi connectivity index (χ3v) is 2.76. The van der Waals surface area contributed by atoms with Gasteiger partial charge in [0.25, 0.3) is 5.91 Å². The monoisotopic (exact) mass is 285 g/mol. The molecule has 2 aromatic rings. The summed E-state index contributed by atoms with van der Waals surface area (Å²) in [6.07, 6.45) is -0.998. The van der Waals surface area contributed by atoms with Crippen LogP contribution in [0.5, 0.6) is 11.5 Å². The first kappa shape index (κ1) is 14.6. The maximum atomic E-state index is 12.1. The highest BCUT2D eigenvalue weighted by molar-refractivity contribution is 5.94. The van der Waals surface area contributed by atoms with E-state index in [4.69, 9.17) is 15.2 Å². The highest BCUT2D eigenvalue weighted by Crippen LogP contribution is 2.25. The molecule has 0 radical (unpaired) electrons. The lowest BCUT2D eigenvalue weighted by molar-refractivity contribution is -0.125. The molecule has 21 heavy (non-hydrogen) atoms. The van der Waals surface area contributed by atoms with E-state index in [9.17, 15) is 9.59 Å². The second kappa shape index (κ2) is 6.56. The smallest absolute Gasteiger partial charge is 0.342 e. The standard InChI is InChI=1S/C16H15NO4/c1-11(15(17)18)20-16(19)13-9-5-6-10-14(13)21-12-7-3-2-4-8-12/h2-11H,1H3,(H2,17,18). The SMILES string of the molecule is CC(OC(=O)c1ccccc1Oc1ccccc1)C(N)=O. The number of carbonyl (C=O) groups is 2. The Bertz CT molecular complexity index is 640. The van der Waals surface area contributed by atoms with Gasteiger partial charge < -0.3 is 15.2 Å². The Kier molecular flexibility index (Phi) is 4.56. The van der Waals surface area contributed by atoms with Gasteiger partial charge in [0.1, 0.15) is 17.1 Å². The molecule has 1 amide bonds. The summed E-state index contributed by atoms with van der Waals surface area (Å²) in [6, 6.07) is 15.7. The van der Waals surface area contributed by atoms with Crippen LogP contribution in [-0.2, 0) is 9.53 Å². The first-order valence-corrected chi connectivity index (χ1v) is 6.40. The number of benzene rings is 2. The zero-order chi connectivity index (χ0) is 15.2. The maximum absolute atomic E-state index is 12.1. The van der Waals surface area contributed by atoms with Crippen molar-refractivity contribution in [3.05, 3.63) is 60.2 Å². The molecule has 0 aliphatic rings. The van der Waals surface area contributed by atoms with Crippen LogP contribution in [0.3, 0.4) is 0 Å². The van der Waals surface area contributed by atoms with Crippen molar-refractivity contribution >= 4 is 11.9 Å². The lowest BCUT2D eigenvalue weighted by Crippen LogP contribution is -2.30. The van der Waals surface area contributed by atoms with Gasteiger partial charge in [0.2, 0.25) is 0 Å². The van der Waals surface area contributed by atoms with E-state index in [1.807, 2.05) is 18.2 Å². The Morgan fingerprint density at radius 1 is 1.00 bits per heavy atom. The molecule has 2 rings (SSSR count). The molecule has 0 aliphatic heterocycles. The predicted molar refractivity (Wildman–Crippen MR) is 77.0 cm³/mol. The number of para-hydroxylation sites is 2. The molecule has 0 aromatic heterocycles. The van der Waals surface area contributed by atoms with E-state index in [-0.39, 0.29) is 5.56 Å². The van der Waals surface area contributed by atoms with Crippen LogP contribution < -0.4 is 10.5 Å². The average molecular weight is 285 g/mol. The lowest BCUT2D eigenvalue weighted by atomic mass is 10.2. The van der Waals surface area contributed by atoms with Crippen LogP contribution >= 0.6 is 0 Å². The minimum Gasteiger partial charge on any atom is -0.456 e. The van der Waals surface area contributed by atoms with Crippen molar-refractivity contribution in [1.29, 1.82) is 0 Å². The van der Waals surface area contributed by atoms with Gasteiger partial charge in [0.05, 0.1) is 0 Å². The van der Waals surface area contributed by atoms with Gasteiger partial charge in [-0.1, -0.05) is 30.3 Å². The van der Waals surface area contributed by atoms with Crippen LogP contribution in [0.15, 0.2) is 54.6 Å². The van der Waals surface area contributed by atoms with E-state index < -0.39 is 18.0 Å². The van der Waals surface area contributed by atoms with Crippen LogP contribution in [-0.4, -0.2) is 18.0 Å². The fourth-order valence-corrected chi connectivity index (χ4v) is 1.62. The number of primary amides is 1. The normalized spacial score (nSPS) is 11.5. The maximum Gasteiger partial charge on any atom is 0.342 e. The summed E-state index contributed by atoms with van der Waals surface area (Å²) in [5.41, 5.74) is 5.31. The molecular formula is C16H15NO4. The van der Waals surface area contributed by atoms with Crippen molar-refractivity contribution in [2.24, 2.45) is 5.73 Å². The third kappa shape index (κ3) is 3.82. The van der Waals surface area contributed by atoms with E-state index in [1.54, 1.807) is 36.4 Å². The number of hydrogen-bond donors (Lipinski definition) is 1. The summed E-state index contributed by atoms with van der Waals surface area (Å²) < 4.78 is 10.6. The van der Waals surface area contributed by atoms with Gasteiger partial charge in [-0.05, 0) is 31.2 Å². The van der Waals surface area contributed by atoms with Gasteiger partial charge in [0, 0.05) is 0 Å². The Labute approximate surface area is 122 Å². The first-order chi connectivity index (χ1) is 10.1. The molecule has 108 valence electrons. The number of esters is 1. The number of amides is 1. The third-order valence-electron chi connectivity index (χ3n) is 2.76. The number of ether oxygens (including phenoxy) is 2. The Morgan fingerprint density at radius 2 is 1.62 bits per heavy atom. The summed E-state index contributed by atoms with van der Waals surface area (Å²) in [4.78, 5) is 23.0. The fourth-order valence-electron chi connectivity index (χ4n) is 1.62. The molecular weight excluding hydrogens is 270 g/mol. The second-order valence-electron chi connectivity index (χ2n) is 4.36. The summed E-state index contributed by atoms with van der Waals surface area (Å²) in [5.74, 6) is -0.413. The quantitative estimate of drug-likeness (QED) is 0.856. The minimum atomic E-state index is -0.998. The van der Waals surface area contributed by atoms with E-state index in [0.717, 1.165) is 0 Å². The Morgan fingerprint density at radius 3 is 2.29 bits per heavy atom. The zero-order valence-electron chi connectivity index (χ0n) is 11.5. The van der Waals surface area contributed by atoms with Gasteiger partial charge in [-0.3, -0.25) is 4.79 Å². The van der Waals surface area contributed by atoms with Crippen molar-refractivity contribution in [2.75, 3.05) is 0 Å². The van der Waals surface area contributed by atoms with Crippen LogP contribution in [0.25, 0.3) is 0 Å². The van der Waals surface area contributed by atoms with Crippen LogP contribution in [0.4, 0.5) is 0 Å². The molecule has 0 saturated carbocycles. The second-order valence-corrected chi connectivity index (χ2v) is 4.36. The topological polar surface area (TPSA) is 78.6 Å². The van der Waals surface area contributed by atoms with E-state index >= 15 is 0 Å². The van der Waals surface area contributed by atoms with Gasteiger partial charge in [-0.25, -0.2) is 4.79 Å². The summed E-state index contributed by atoms with van der Waals surface area (Å²) in [7, 11) is 0. The minimum absolute atomic E-state index is 0.231. The molecule has 0 spiro atoms. The zero-order valence-corrected chi connectivity index (χ0v) is 11.5. The number of nitrogens with two attached hydrogens (primary N) is 1. The molecule has 2 N–H and O–H groups in total. The van der Waals surface area contributed by atoms with Crippen molar-refractivity contribution in [2.45, 2.75) is 13.0 Å². The van der Waals surface area contributed by atoms with Gasteiger partial charge in [-0.2, -0.15) is 0 Å². The van der Waals surface area contributed by atoms with E-state index in [1.165, 1.54) is 6.92 Å². The Hall–Kier alpha value is -2.82. The Balaban J connectivity index is 2.20. The van der Waals surface area contributed by atoms with E-state index in [2.05, 4.69) is 0 Å². The van der Waals surface area contributed by atoms with Gasteiger partial charge in [-0.15, -0.1) is 0 Å². The van der Waals surface area contributed by atoms with Crippen molar-refractivity contribution in [1.82, 2.24) is 0 Å². The summed E-state index contributed by atoms with van der Waals surface area (Å²) >= 11 is 0. The van der Waals surface area contributed by atoms with Gasteiger partial charge in [0.15, 0.2) is 6.10 Å². The molecule has 2 aromatic carbocycles. The molecule has 5 heteroatoms. The molecule has 0 saturated heterocycles. The predicted octanol–water partition coefficient (Wildman–Crippen LogP) is 2.51. The molecule has 5 nitrogen and oxygen atoms in total. The number of hydrogen-bond acceptors (Lipinski definition) is 4. The van der Waals surface area contributed by atoms with Crippen LogP contribution in [0.2, 0.25) is 0 Å². The molecule has 1 atom stereocenters. The molecule has 0 fully saturated rings. The van der Waals surface area contributed by atoms with Gasteiger partial charge >= 0.3 is 5.97 Å². The highest BCUT2D eigenvalue weighted by Gasteiger charge is 2.19. The summed E-state index contributed by atoms with van der Waals surface area (Å²) in [5, 5.41) is 0.